The lowest BCUT2D eigenvalue weighted by molar-refractivity contribution is 0.232. The lowest BCUT2D eigenvalue weighted by Crippen LogP contribution is -2.26. The largest absolute Gasteiger partial charge is 0.492 e. The van der Waals surface area contributed by atoms with Gasteiger partial charge in [-0.1, -0.05) is 12.1 Å². The van der Waals surface area contributed by atoms with Gasteiger partial charge in [0.05, 0.1) is 0 Å². The van der Waals surface area contributed by atoms with Gasteiger partial charge in [0.2, 0.25) is 0 Å². The molecule has 1 aromatic rings. The molecule has 1 aliphatic carbocycles. The van der Waals surface area contributed by atoms with E-state index in [1.54, 1.807) is 0 Å². The SMILES string of the molecule is CN(CCOc1ccc(CN)cc1)CC1CC1. The molecule has 0 atom stereocenters. The fraction of sp³-hybridized carbons (Fsp3) is 0.571. The van der Waals surface area contributed by atoms with Crippen LogP contribution in [0.4, 0.5) is 0 Å². The maximum Gasteiger partial charge on any atom is 0.119 e. The standard InChI is InChI=1S/C14H22N2O/c1-16(11-13-2-3-13)8-9-17-14-6-4-12(10-15)5-7-14/h4-7,13H,2-3,8-11,15H2,1H3. The lowest BCUT2D eigenvalue weighted by atomic mass is 10.2. The molecule has 1 aromatic carbocycles. The molecule has 1 aliphatic rings. The highest BCUT2D eigenvalue weighted by molar-refractivity contribution is 5.27. The Morgan fingerprint density at radius 3 is 2.59 bits per heavy atom. The van der Waals surface area contributed by atoms with E-state index in [1.165, 1.54) is 19.4 Å². The van der Waals surface area contributed by atoms with Gasteiger partial charge < -0.3 is 15.4 Å². The van der Waals surface area contributed by atoms with Crippen molar-refractivity contribution < 1.29 is 4.74 Å². The zero-order chi connectivity index (χ0) is 12.1. The molecular formula is C14H22N2O. The Morgan fingerprint density at radius 1 is 1.29 bits per heavy atom. The van der Waals surface area contributed by atoms with E-state index in [2.05, 4.69) is 11.9 Å². The summed E-state index contributed by atoms with van der Waals surface area (Å²) >= 11 is 0. The van der Waals surface area contributed by atoms with Crippen molar-refractivity contribution in [1.29, 1.82) is 0 Å². The van der Waals surface area contributed by atoms with Crippen LogP contribution in [0, 0.1) is 5.92 Å². The van der Waals surface area contributed by atoms with Crippen molar-refractivity contribution in [2.45, 2.75) is 19.4 Å². The van der Waals surface area contributed by atoms with Gasteiger partial charge in [0.1, 0.15) is 12.4 Å². The number of hydrogen-bond acceptors (Lipinski definition) is 3. The third kappa shape index (κ3) is 4.36. The smallest absolute Gasteiger partial charge is 0.119 e. The van der Waals surface area contributed by atoms with Crippen molar-refractivity contribution in [2.24, 2.45) is 11.7 Å². The normalized spacial score (nSPS) is 15.2. The molecule has 0 spiro atoms. The Hall–Kier alpha value is -1.06. The number of ether oxygens (including phenoxy) is 1. The summed E-state index contributed by atoms with van der Waals surface area (Å²) in [5.74, 6) is 1.88. The first-order valence-electron chi connectivity index (χ1n) is 6.38. The molecule has 3 heteroatoms. The molecule has 94 valence electrons. The average molecular weight is 234 g/mol. The monoisotopic (exact) mass is 234 g/mol. The van der Waals surface area contributed by atoms with E-state index in [1.807, 2.05) is 24.3 Å². The first kappa shape index (κ1) is 12.4. The van der Waals surface area contributed by atoms with E-state index in [0.29, 0.717) is 6.54 Å². The van der Waals surface area contributed by atoms with Crippen LogP contribution in [-0.4, -0.2) is 31.6 Å². The molecule has 2 rings (SSSR count). The fourth-order valence-electron chi connectivity index (χ4n) is 1.87. The minimum absolute atomic E-state index is 0.588. The van der Waals surface area contributed by atoms with Gasteiger partial charge in [-0.25, -0.2) is 0 Å². The van der Waals surface area contributed by atoms with Crippen molar-refractivity contribution >= 4 is 0 Å². The van der Waals surface area contributed by atoms with E-state index in [4.69, 9.17) is 10.5 Å². The molecule has 0 amide bonds. The van der Waals surface area contributed by atoms with Crippen LogP contribution in [0.1, 0.15) is 18.4 Å². The number of benzene rings is 1. The van der Waals surface area contributed by atoms with Crippen molar-refractivity contribution in [3.8, 4) is 5.75 Å². The van der Waals surface area contributed by atoms with Gasteiger partial charge in [0.25, 0.3) is 0 Å². The first-order valence-corrected chi connectivity index (χ1v) is 6.38. The Balaban J connectivity index is 1.65. The Morgan fingerprint density at radius 2 is 2.00 bits per heavy atom. The molecular weight excluding hydrogens is 212 g/mol. The maximum atomic E-state index is 5.70. The van der Waals surface area contributed by atoms with Gasteiger partial charge in [-0.05, 0) is 43.5 Å². The van der Waals surface area contributed by atoms with Crippen molar-refractivity contribution in [3.63, 3.8) is 0 Å². The molecule has 0 unspecified atom stereocenters. The summed E-state index contributed by atoms with van der Waals surface area (Å²) in [6, 6.07) is 8.01. The van der Waals surface area contributed by atoms with Crippen LogP contribution in [0.2, 0.25) is 0 Å². The van der Waals surface area contributed by atoms with Crippen molar-refractivity contribution in [2.75, 3.05) is 26.7 Å². The van der Waals surface area contributed by atoms with Crippen LogP contribution in [0.25, 0.3) is 0 Å². The van der Waals surface area contributed by atoms with Crippen LogP contribution >= 0.6 is 0 Å². The van der Waals surface area contributed by atoms with Crippen molar-refractivity contribution in [3.05, 3.63) is 29.8 Å². The van der Waals surface area contributed by atoms with Crippen LogP contribution in [0.3, 0.4) is 0 Å². The summed E-state index contributed by atoms with van der Waals surface area (Å²) < 4.78 is 5.70. The van der Waals surface area contributed by atoms with E-state index in [9.17, 15) is 0 Å². The Bertz CT molecular complexity index is 333. The molecule has 2 N–H and O–H groups in total. The molecule has 0 heterocycles. The Labute approximate surface area is 104 Å². The van der Waals surface area contributed by atoms with Crippen LogP contribution < -0.4 is 10.5 Å². The zero-order valence-corrected chi connectivity index (χ0v) is 10.6. The van der Waals surface area contributed by atoms with Crippen LogP contribution in [0.5, 0.6) is 5.75 Å². The summed E-state index contributed by atoms with van der Waals surface area (Å²) in [6.45, 7) is 3.56. The fourth-order valence-corrected chi connectivity index (χ4v) is 1.87. The van der Waals surface area contributed by atoms with E-state index >= 15 is 0 Å². The highest BCUT2D eigenvalue weighted by Gasteiger charge is 2.22. The molecule has 3 nitrogen and oxygen atoms in total. The number of likely N-dealkylation sites (N-methyl/N-ethyl adjacent to an activating group) is 1. The molecule has 1 saturated carbocycles. The third-order valence-electron chi connectivity index (χ3n) is 3.17. The molecule has 0 aliphatic heterocycles. The van der Waals surface area contributed by atoms with Gasteiger partial charge in [-0.15, -0.1) is 0 Å². The predicted molar refractivity (Wildman–Crippen MR) is 70.0 cm³/mol. The molecule has 0 saturated heterocycles. The maximum absolute atomic E-state index is 5.70. The van der Waals surface area contributed by atoms with Gasteiger partial charge in [0, 0.05) is 19.6 Å². The summed E-state index contributed by atoms with van der Waals surface area (Å²) in [4.78, 5) is 2.35. The Kier molecular flexibility index (Phi) is 4.40. The number of rotatable bonds is 7. The zero-order valence-electron chi connectivity index (χ0n) is 10.6. The number of nitrogens with two attached hydrogens (primary N) is 1. The topological polar surface area (TPSA) is 38.5 Å². The number of hydrogen-bond donors (Lipinski definition) is 1. The van der Waals surface area contributed by atoms with E-state index < -0.39 is 0 Å². The quantitative estimate of drug-likeness (QED) is 0.782. The molecule has 1 fully saturated rings. The summed E-state index contributed by atoms with van der Waals surface area (Å²) in [6.07, 6.45) is 2.82. The minimum Gasteiger partial charge on any atom is -0.492 e. The van der Waals surface area contributed by atoms with E-state index in [-0.39, 0.29) is 0 Å². The summed E-state index contributed by atoms with van der Waals surface area (Å²) in [7, 11) is 2.17. The van der Waals surface area contributed by atoms with Crippen LogP contribution in [0.15, 0.2) is 24.3 Å². The molecule has 0 radical (unpaired) electrons. The lowest BCUT2D eigenvalue weighted by Gasteiger charge is -2.16. The highest BCUT2D eigenvalue weighted by Crippen LogP contribution is 2.29. The second-order valence-electron chi connectivity index (χ2n) is 4.90. The minimum atomic E-state index is 0.588. The average Bonchev–Trinajstić information content (AvgIpc) is 3.14. The summed E-state index contributed by atoms with van der Waals surface area (Å²) in [5, 5.41) is 0. The molecule has 0 aromatic heterocycles. The summed E-state index contributed by atoms with van der Waals surface area (Å²) in [5.41, 5.74) is 6.69. The first-order chi connectivity index (χ1) is 8.28. The van der Waals surface area contributed by atoms with Gasteiger partial charge in [-0.2, -0.15) is 0 Å². The molecule has 0 bridgehead atoms. The third-order valence-corrected chi connectivity index (χ3v) is 3.17. The second-order valence-corrected chi connectivity index (χ2v) is 4.90. The van der Waals surface area contributed by atoms with Gasteiger partial charge in [-0.3, -0.25) is 0 Å². The highest BCUT2D eigenvalue weighted by atomic mass is 16.5. The van der Waals surface area contributed by atoms with Crippen molar-refractivity contribution in [1.82, 2.24) is 4.90 Å². The van der Waals surface area contributed by atoms with Crippen LogP contribution in [-0.2, 0) is 6.54 Å². The van der Waals surface area contributed by atoms with E-state index in [0.717, 1.165) is 30.4 Å². The number of nitrogens with zero attached hydrogens (tertiary/aromatic N) is 1. The van der Waals surface area contributed by atoms with Gasteiger partial charge >= 0.3 is 0 Å². The second kappa shape index (κ2) is 6.03. The predicted octanol–water partition coefficient (Wildman–Crippen LogP) is 1.87. The molecule has 17 heavy (non-hydrogen) atoms. The van der Waals surface area contributed by atoms with Gasteiger partial charge in [0.15, 0.2) is 0 Å².